The predicted molar refractivity (Wildman–Crippen MR) is 123 cm³/mol. The molecule has 4 aromatic rings. The summed E-state index contributed by atoms with van der Waals surface area (Å²) in [6.45, 7) is 4.93. The lowest BCUT2D eigenvalue weighted by Crippen LogP contribution is -2.62. The highest BCUT2D eigenvalue weighted by Gasteiger charge is 2.49. The third-order valence-electron chi connectivity index (χ3n) is 6.21. The molecule has 0 radical (unpaired) electrons. The second-order valence-corrected chi connectivity index (χ2v) is 8.65. The van der Waals surface area contributed by atoms with E-state index in [1.165, 1.54) is 0 Å². The van der Waals surface area contributed by atoms with Crippen LogP contribution in [0.15, 0.2) is 59.4 Å². The highest BCUT2D eigenvalue weighted by atomic mass is 16.5. The van der Waals surface area contributed by atoms with Crippen LogP contribution in [0.4, 0.5) is 0 Å². The van der Waals surface area contributed by atoms with Crippen LogP contribution in [-0.2, 0) is 23.4 Å². The maximum atomic E-state index is 12.9. The maximum absolute atomic E-state index is 12.9. The fourth-order valence-corrected chi connectivity index (χ4v) is 4.43. The van der Waals surface area contributed by atoms with Gasteiger partial charge in [0, 0.05) is 23.2 Å². The molecular weight excluding hydrogens is 420 g/mol. The molecule has 1 saturated heterocycles. The third-order valence-corrected chi connectivity index (χ3v) is 6.21. The summed E-state index contributed by atoms with van der Waals surface area (Å²) in [6.07, 6.45) is 0. The first-order valence-corrected chi connectivity index (χ1v) is 10.7. The van der Waals surface area contributed by atoms with E-state index in [1.54, 1.807) is 4.90 Å². The standard InChI is InChI=1S/C25H24N4O4/c1-15-11-16(19-5-3-4-6-20(19)26-15)13-33-18-9-7-17(8-10-18)25(2)14-29(23(25)31)12-21-22(30)28-24(32)27-21/h3-11,30H,12-14H2,1-2H3,(H2,27,28,32). The van der Waals surface area contributed by atoms with Gasteiger partial charge >= 0.3 is 5.69 Å². The monoisotopic (exact) mass is 444 g/mol. The number of nitrogens with one attached hydrogen (secondary N) is 2. The van der Waals surface area contributed by atoms with E-state index in [1.807, 2.05) is 68.4 Å². The minimum absolute atomic E-state index is 0.0589. The molecule has 5 rings (SSSR count). The number of aromatic nitrogens is 3. The number of aryl methyl sites for hydroxylation is 1. The molecule has 33 heavy (non-hydrogen) atoms. The largest absolute Gasteiger partial charge is 0.493 e. The van der Waals surface area contributed by atoms with Crippen LogP contribution in [0.2, 0.25) is 0 Å². The first-order valence-electron chi connectivity index (χ1n) is 10.7. The van der Waals surface area contributed by atoms with E-state index in [0.29, 0.717) is 18.8 Å². The fourth-order valence-electron chi connectivity index (χ4n) is 4.43. The Bertz CT molecular complexity index is 1410. The molecule has 1 atom stereocenters. The molecule has 1 aliphatic heterocycles. The van der Waals surface area contributed by atoms with Crippen LogP contribution in [0.3, 0.4) is 0 Å². The maximum Gasteiger partial charge on any atom is 0.326 e. The van der Waals surface area contributed by atoms with Crippen LogP contribution in [0.25, 0.3) is 10.9 Å². The van der Waals surface area contributed by atoms with Crippen LogP contribution >= 0.6 is 0 Å². The van der Waals surface area contributed by atoms with Gasteiger partial charge in [-0.15, -0.1) is 0 Å². The number of para-hydroxylation sites is 1. The van der Waals surface area contributed by atoms with Crippen LogP contribution in [0.5, 0.6) is 11.6 Å². The second-order valence-electron chi connectivity index (χ2n) is 8.65. The number of aromatic hydroxyl groups is 1. The normalized spacial score (nSPS) is 17.9. The highest BCUT2D eigenvalue weighted by Crippen LogP contribution is 2.37. The summed E-state index contributed by atoms with van der Waals surface area (Å²) in [5.41, 5.74) is 3.02. The van der Waals surface area contributed by atoms with Crippen molar-refractivity contribution in [1.29, 1.82) is 0 Å². The molecule has 1 aliphatic rings. The molecule has 0 saturated carbocycles. The Balaban J connectivity index is 1.26. The minimum atomic E-state index is -0.650. The van der Waals surface area contributed by atoms with Crippen molar-refractivity contribution >= 4 is 16.8 Å². The molecule has 1 fully saturated rings. The van der Waals surface area contributed by atoms with Gasteiger partial charge in [0.2, 0.25) is 11.8 Å². The second kappa shape index (κ2) is 7.81. The first kappa shape index (κ1) is 20.8. The lowest BCUT2D eigenvalue weighted by atomic mass is 9.74. The number of likely N-dealkylation sites (tertiary alicyclic amines) is 1. The molecule has 2 aromatic carbocycles. The number of hydrogen-bond acceptors (Lipinski definition) is 5. The Kier molecular flexibility index (Phi) is 4.92. The molecule has 0 spiro atoms. The molecule has 8 heteroatoms. The number of nitrogens with zero attached hydrogens (tertiary/aromatic N) is 2. The van der Waals surface area contributed by atoms with Crippen molar-refractivity contribution in [2.45, 2.75) is 32.4 Å². The van der Waals surface area contributed by atoms with Gasteiger partial charge in [-0.2, -0.15) is 0 Å². The van der Waals surface area contributed by atoms with Gasteiger partial charge in [0.15, 0.2) is 0 Å². The lowest BCUT2D eigenvalue weighted by molar-refractivity contribution is -0.151. The summed E-state index contributed by atoms with van der Waals surface area (Å²) in [5.74, 6) is 0.427. The molecule has 2 aromatic heterocycles. The van der Waals surface area contributed by atoms with E-state index < -0.39 is 11.1 Å². The Morgan fingerprint density at radius 1 is 1.12 bits per heavy atom. The molecule has 168 valence electrons. The summed E-state index contributed by atoms with van der Waals surface area (Å²) >= 11 is 0. The molecule has 1 amide bonds. The third kappa shape index (κ3) is 3.73. The van der Waals surface area contributed by atoms with E-state index in [0.717, 1.165) is 33.5 Å². The molecular formula is C25H24N4O4. The lowest BCUT2D eigenvalue weighted by Gasteiger charge is -2.47. The number of benzene rings is 2. The number of carbonyl (C=O) groups is 1. The molecule has 0 bridgehead atoms. The van der Waals surface area contributed by atoms with Crippen LogP contribution in [0, 0.1) is 6.92 Å². The summed E-state index contributed by atoms with van der Waals surface area (Å²) in [5, 5.41) is 10.8. The number of fused-ring (bicyclic) bond motifs is 1. The van der Waals surface area contributed by atoms with E-state index in [9.17, 15) is 14.7 Å². The Hall–Kier alpha value is -4.07. The molecule has 3 heterocycles. The molecule has 3 N–H and O–H groups in total. The number of carbonyl (C=O) groups excluding carboxylic acids is 1. The highest BCUT2D eigenvalue weighted by molar-refractivity contribution is 5.94. The Morgan fingerprint density at radius 2 is 1.88 bits per heavy atom. The number of ether oxygens (including phenoxy) is 1. The minimum Gasteiger partial charge on any atom is -0.493 e. The zero-order chi connectivity index (χ0) is 23.2. The van der Waals surface area contributed by atoms with Gasteiger partial charge in [0.05, 0.1) is 23.2 Å². The van der Waals surface area contributed by atoms with Crippen molar-refractivity contribution in [2.75, 3.05) is 6.54 Å². The van der Waals surface area contributed by atoms with Crippen LogP contribution < -0.4 is 10.4 Å². The summed E-state index contributed by atoms with van der Waals surface area (Å²) in [7, 11) is 0. The number of hydrogen-bond donors (Lipinski definition) is 3. The van der Waals surface area contributed by atoms with Gasteiger partial charge < -0.3 is 19.7 Å². The number of β-lactam (4-membered cyclic amide) rings is 1. The number of H-pyrrole nitrogens is 2. The predicted octanol–water partition coefficient (Wildman–Crippen LogP) is 3.14. The van der Waals surface area contributed by atoms with E-state index in [-0.39, 0.29) is 18.3 Å². The van der Waals surface area contributed by atoms with Gasteiger partial charge in [-0.1, -0.05) is 30.3 Å². The smallest absolute Gasteiger partial charge is 0.326 e. The fraction of sp³-hybridized carbons (Fsp3) is 0.240. The number of pyridine rings is 1. The van der Waals surface area contributed by atoms with Crippen molar-refractivity contribution in [3.8, 4) is 11.6 Å². The average Bonchev–Trinajstić information content (AvgIpc) is 3.13. The number of rotatable bonds is 6. The number of aromatic amines is 2. The van der Waals surface area contributed by atoms with Crippen LogP contribution in [0.1, 0.15) is 29.4 Å². The van der Waals surface area contributed by atoms with Gasteiger partial charge in [-0.25, -0.2) is 4.79 Å². The Morgan fingerprint density at radius 3 is 2.58 bits per heavy atom. The van der Waals surface area contributed by atoms with Crippen molar-refractivity contribution in [3.05, 3.63) is 87.6 Å². The topological polar surface area (TPSA) is 111 Å². The van der Waals surface area contributed by atoms with Crippen molar-refractivity contribution in [1.82, 2.24) is 19.9 Å². The van der Waals surface area contributed by atoms with Crippen molar-refractivity contribution < 1.29 is 14.6 Å². The Labute approximate surface area is 189 Å². The van der Waals surface area contributed by atoms with Crippen molar-refractivity contribution in [3.63, 3.8) is 0 Å². The van der Waals surface area contributed by atoms with E-state index >= 15 is 0 Å². The van der Waals surface area contributed by atoms with E-state index in [4.69, 9.17) is 4.74 Å². The number of amides is 1. The molecule has 0 aliphatic carbocycles. The summed E-state index contributed by atoms with van der Waals surface area (Å²) in [6, 6.07) is 17.6. The quantitative estimate of drug-likeness (QED) is 0.396. The van der Waals surface area contributed by atoms with Crippen molar-refractivity contribution in [2.24, 2.45) is 0 Å². The average molecular weight is 444 g/mol. The first-order chi connectivity index (χ1) is 15.8. The van der Waals surface area contributed by atoms with Gasteiger partial charge in [0.25, 0.3) is 0 Å². The zero-order valence-electron chi connectivity index (χ0n) is 18.4. The van der Waals surface area contributed by atoms with E-state index in [2.05, 4.69) is 15.0 Å². The zero-order valence-corrected chi connectivity index (χ0v) is 18.4. The molecule has 8 nitrogen and oxygen atoms in total. The SMILES string of the molecule is Cc1cc(COc2ccc(C3(C)CN(Cc4[nH]c(=O)[nH]c4O)C3=O)cc2)c2ccccc2n1. The van der Waals surface area contributed by atoms with Crippen LogP contribution in [-0.4, -0.2) is 37.4 Å². The molecule has 1 unspecified atom stereocenters. The van der Waals surface area contributed by atoms with Gasteiger partial charge in [-0.05, 0) is 43.7 Å². The summed E-state index contributed by atoms with van der Waals surface area (Å²) < 4.78 is 6.03. The van der Waals surface area contributed by atoms with Gasteiger partial charge in [0.1, 0.15) is 12.4 Å². The summed E-state index contributed by atoms with van der Waals surface area (Å²) in [4.78, 5) is 35.1. The van der Waals surface area contributed by atoms with Gasteiger partial charge in [-0.3, -0.25) is 14.8 Å². The number of imidazole rings is 1.